The van der Waals surface area contributed by atoms with Gasteiger partial charge in [0, 0.05) is 38.4 Å². The number of hydrogen-bond acceptors (Lipinski definition) is 3. The molecule has 0 atom stereocenters. The molecular formula is C11H15N5. The van der Waals surface area contributed by atoms with E-state index in [0.717, 1.165) is 11.8 Å². The van der Waals surface area contributed by atoms with Gasteiger partial charge < -0.3 is 14.5 Å². The number of hydrogen-bond donors (Lipinski definition) is 1. The van der Waals surface area contributed by atoms with Gasteiger partial charge in [0.1, 0.15) is 5.82 Å². The van der Waals surface area contributed by atoms with Crippen molar-refractivity contribution < 1.29 is 0 Å². The maximum Gasteiger partial charge on any atom is 0.203 e. The second kappa shape index (κ2) is 4.65. The number of imidazole rings is 2. The second-order valence-electron chi connectivity index (χ2n) is 3.50. The summed E-state index contributed by atoms with van der Waals surface area (Å²) >= 11 is 0. The third-order valence-corrected chi connectivity index (χ3v) is 2.35. The van der Waals surface area contributed by atoms with E-state index in [2.05, 4.69) is 21.9 Å². The molecule has 0 amide bonds. The molecule has 2 aromatic rings. The van der Waals surface area contributed by atoms with Gasteiger partial charge in [-0.05, 0) is 0 Å². The third kappa shape index (κ3) is 2.13. The average molecular weight is 217 g/mol. The van der Waals surface area contributed by atoms with Crippen LogP contribution in [0.3, 0.4) is 0 Å². The van der Waals surface area contributed by atoms with E-state index in [1.807, 2.05) is 28.6 Å². The normalized spacial score (nSPS) is 10.3. The van der Waals surface area contributed by atoms with Crippen LogP contribution < -0.4 is 5.32 Å². The zero-order valence-electron chi connectivity index (χ0n) is 9.30. The molecule has 0 saturated heterocycles. The molecule has 0 bridgehead atoms. The quantitative estimate of drug-likeness (QED) is 0.767. The highest BCUT2D eigenvalue weighted by atomic mass is 15.2. The molecule has 84 valence electrons. The van der Waals surface area contributed by atoms with E-state index < -0.39 is 0 Å². The molecule has 2 heterocycles. The Bertz CT molecular complexity index is 468. The van der Waals surface area contributed by atoms with E-state index in [-0.39, 0.29) is 0 Å². The van der Waals surface area contributed by atoms with Gasteiger partial charge >= 0.3 is 0 Å². The van der Waals surface area contributed by atoms with Crippen molar-refractivity contribution in [3.63, 3.8) is 0 Å². The zero-order chi connectivity index (χ0) is 11.4. The lowest BCUT2D eigenvalue weighted by atomic mass is 10.5. The molecule has 5 nitrogen and oxygen atoms in total. The van der Waals surface area contributed by atoms with Gasteiger partial charge in [0.05, 0.1) is 6.54 Å². The predicted molar refractivity (Wildman–Crippen MR) is 63.2 cm³/mol. The maximum atomic E-state index is 4.28. The summed E-state index contributed by atoms with van der Waals surface area (Å²) in [5.41, 5.74) is 0. The fraction of sp³-hybridized carbons (Fsp3) is 0.273. The van der Waals surface area contributed by atoms with Gasteiger partial charge in [-0.3, -0.25) is 0 Å². The number of rotatable bonds is 5. The van der Waals surface area contributed by atoms with Gasteiger partial charge in [0.2, 0.25) is 5.95 Å². The first-order chi connectivity index (χ1) is 7.81. The lowest BCUT2D eigenvalue weighted by molar-refractivity contribution is 0.703. The third-order valence-electron chi connectivity index (χ3n) is 2.35. The molecule has 0 aliphatic heterocycles. The van der Waals surface area contributed by atoms with Crippen LogP contribution in [0.25, 0.3) is 0 Å². The summed E-state index contributed by atoms with van der Waals surface area (Å²) in [5, 5.41) is 3.17. The Kier molecular flexibility index (Phi) is 3.05. The fourth-order valence-electron chi connectivity index (χ4n) is 1.47. The van der Waals surface area contributed by atoms with Gasteiger partial charge in [-0.2, -0.15) is 0 Å². The van der Waals surface area contributed by atoms with Gasteiger partial charge in [0.15, 0.2) is 0 Å². The van der Waals surface area contributed by atoms with Crippen LogP contribution in [0.4, 0.5) is 5.95 Å². The Morgan fingerprint density at radius 2 is 2.19 bits per heavy atom. The molecule has 16 heavy (non-hydrogen) atoms. The smallest absolute Gasteiger partial charge is 0.203 e. The van der Waals surface area contributed by atoms with Crippen molar-refractivity contribution in [2.75, 3.05) is 11.9 Å². The van der Waals surface area contributed by atoms with Crippen molar-refractivity contribution in [3.05, 3.63) is 43.3 Å². The van der Waals surface area contributed by atoms with Crippen molar-refractivity contribution in [1.82, 2.24) is 19.1 Å². The first-order valence-electron chi connectivity index (χ1n) is 5.13. The molecule has 1 N–H and O–H groups in total. The number of aromatic nitrogens is 4. The summed E-state index contributed by atoms with van der Waals surface area (Å²) in [6.07, 6.45) is 9.24. The van der Waals surface area contributed by atoms with Crippen LogP contribution in [-0.2, 0) is 13.6 Å². The highest BCUT2D eigenvalue weighted by Gasteiger charge is 2.04. The minimum atomic E-state index is 0.706. The van der Waals surface area contributed by atoms with Gasteiger partial charge in [-0.1, -0.05) is 6.08 Å². The molecule has 0 aromatic carbocycles. The second-order valence-corrected chi connectivity index (χ2v) is 3.50. The highest BCUT2D eigenvalue weighted by Crippen LogP contribution is 2.07. The largest absolute Gasteiger partial charge is 0.352 e. The van der Waals surface area contributed by atoms with Crippen molar-refractivity contribution in [2.24, 2.45) is 7.05 Å². The maximum absolute atomic E-state index is 4.28. The Morgan fingerprint density at radius 1 is 1.38 bits per heavy atom. The molecule has 0 aliphatic rings. The molecule has 0 radical (unpaired) electrons. The van der Waals surface area contributed by atoms with Crippen LogP contribution in [0.15, 0.2) is 37.4 Å². The van der Waals surface area contributed by atoms with Crippen LogP contribution >= 0.6 is 0 Å². The minimum Gasteiger partial charge on any atom is -0.352 e. The number of anilines is 1. The average Bonchev–Trinajstić information content (AvgIpc) is 2.87. The highest BCUT2D eigenvalue weighted by molar-refractivity contribution is 5.27. The number of nitrogens with zero attached hydrogens (tertiary/aromatic N) is 4. The van der Waals surface area contributed by atoms with E-state index in [4.69, 9.17) is 0 Å². The van der Waals surface area contributed by atoms with Gasteiger partial charge in [0.25, 0.3) is 0 Å². The Morgan fingerprint density at radius 3 is 2.88 bits per heavy atom. The molecule has 2 rings (SSSR count). The zero-order valence-corrected chi connectivity index (χ0v) is 9.30. The van der Waals surface area contributed by atoms with Gasteiger partial charge in [-0.25, -0.2) is 9.97 Å². The van der Waals surface area contributed by atoms with E-state index in [0.29, 0.717) is 13.1 Å². The lowest BCUT2D eigenvalue weighted by Crippen LogP contribution is -2.10. The SMILES string of the molecule is C=CCNc1nccn1Cc1nccn1C. The number of aryl methyl sites for hydroxylation is 1. The van der Waals surface area contributed by atoms with Crippen molar-refractivity contribution in [2.45, 2.75) is 6.54 Å². The van der Waals surface area contributed by atoms with Crippen molar-refractivity contribution in [1.29, 1.82) is 0 Å². The lowest BCUT2D eigenvalue weighted by Gasteiger charge is -2.08. The predicted octanol–water partition coefficient (Wildman–Crippen LogP) is 1.26. The van der Waals surface area contributed by atoms with Crippen molar-refractivity contribution in [3.8, 4) is 0 Å². The molecule has 2 aromatic heterocycles. The van der Waals surface area contributed by atoms with Crippen LogP contribution in [0.2, 0.25) is 0 Å². The Labute approximate surface area is 94.5 Å². The van der Waals surface area contributed by atoms with Crippen LogP contribution in [0.1, 0.15) is 5.82 Å². The van der Waals surface area contributed by atoms with Crippen LogP contribution in [-0.4, -0.2) is 25.6 Å². The summed E-state index contributed by atoms with van der Waals surface area (Å²) in [5.74, 6) is 1.84. The van der Waals surface area contributed by atoms with Crippen LogP contribution in [0, 0.1) is 0 Å². The molecule has 0 fully saturated rings. The monoisotopic (exact) mass is 217 g/mol. The summed E-state index contributed by atoms with van der Waals surface area (Å²) in [7, 11) is 1.98. The summed E-state index contributed by atoms with van der Waals surface area (Å²) < 4.78 is 4.02. The first kappa shape index (κ1) is 10.5. The fourth-order valence-corrected chi connectivity index (χ4v) is 1.47. The topological polar surface area (TPSA) is 47.7 Å². The Balaban J connectivity index is 2.12. The first-order valence-corrected chi connectivity index (χ1v) is 5.13. The molecule has 0 unspecified atom stereocenters. The summed E-state index contributed by atoms with van der Waals surface area (Å²) in [6, 6.07) is 0. The number of nitrogens with one attached hydrogen (secondary N) is 1. The van der Waals surface area contributed by atoms with Crippen molar-refractivity contribution >= 4 is 5.95 Å². The van der Waals surface area contributed by atoms with E-state index >= 15 is 0 Å². The van der Waals surface area contributed by atoms with E-state index in [9.17, 15) is 0 Å². The minimum absolute atomic E-state index is 0.706. The van der Waals surface area contributed by atoms with E-state index in [1.54, 1.807) is 18.5 Å². The molecule has 0 aliphatic carbocycles. The summed E-state index contributed by atoms with van der Waals surface area (Å²) in [6.45, 7) is 5.08. The molecule has 0 saturated carbocycles. The standard InChI is InChI=1S/C11H15N5/c1-3-4-13-11-14-6-8-16(11)9-10-12-5-7-15(10)2/h3,5-8H,1,4,9H2,2H3,(H,13,14). The van der Waals surface area contributed by atoms with Crippen LogP contribution in [0.5, 0.6) is 0 Å². The van der Waals surface area contributed by atoms with Gasteiger partial charge in [-0.15, -0.1) is 6.58 Å². The Hall–Kier alpha value is -2.04. The van der Waals surface area contributed by atoms with E-state index in [1.165, 1.54) is 0 Å². The molecular weight excluding hydrogens is 202 g/mol. The molecule has 0 spiro atoms. The molecule has 5 heteroatoms. The summed E-state index contributed by atoms with van der Waals surface area (Å²) in [4.78, 5) is 8.51.